The second-order valence-corrected chi connectivity index (χ2v) is 4.05. The first-order chi connectivity index (χ1) is 6.09. The monoisotopic (exact) mass is 195 g/mol. The smallest absolute Gasteiger partial charge is 0.227 e. The predicted octanol–water partition coefficient (Wildman–Crippen LogP) is 1.88. The zero-order valence-electron chi connectivity index (χ0n) is 7.83. The van der Waals surface area contributed by atoms with E-state index in [1.807, 2.05) is 6.07 Å². The average Bonchev–Trinajstić information content (AvgIpc) is 2.07. The summed E-state index contributed by atoms with van der Waals surface area (Å²) in [4.78, 5) is 11.6. The minimum atomic E-state index is -0.275. The molecule has 0 heterocycles. The summed E-state index contributed by atoms with van der Waals surface area (Å²) in [6, 6.07) is 6.14. The highest BCUT2D eigenvalue weighted by molar-refractivity contribution is 8.00. The molecule has 3 heteroatoms. The summed E-state index contributed by atoms with van der Waals surface area (Å²) in [5.41, 5.74) is 7.56. The first kappa shape index (κ1) is 10.1. The van der Waals surface area contributed by atoms with Crippen LogP contribution in [-0.2, 0) is 4.79 Å². The Morgan fingerprint density at radius 3 is 2.62 bits per heavy atom. The van der Waals surface area contributed by atoms with E-state index in [1.165, 1.54) is 22.9 Å². The minimum absolute atomic E-state index is 0.275. The first-order valence-electron chi connectivity index (χ1n) is 4.08. The van der Waals surface area contributed by atoms with Crippen molar-refractivity contribution < 1.29 is 4.79 Å². The quantitative estimate of drug-likeness (QED) is 0.748. The molecule has 0 fully saturated rings. The van der Waals surface area contributed by atoms with Crippen LogP contribution in [0.3, 0.4) is 0 Å². The molecule has 1 rings (SSSR count). The van der Waals surface area contributed by atoms with Gasteiger partial charge in [0.15, 0.2) is 0 Å². The Balaban J connectivity index is 2.68. The fourth-order valence-corrected chi connectivity index (χ4v) is 1.69. The molecule has 2 nitrogen and oxygen atoms in total. The lowest BCUT2D eigenvalue weighted by Crippen LogP contribution is -2.12. The summed E-state index contributed by atoms with van der Waals surface area (Å²) in [7, 11) is 0. The second kappa shape index (κ2) is 4.33. The van der Waals surface area contributed by atoms with Gasteiger partial charge < -0.3 is 5.73 Å². The number of benzene rings is 1. The van der Waals surface area contributed by atoms with E-state index in [0.29, 0.717) is 5.75 Å². The van der Waals surface area contributed by atoms with Crippen molar-refractivity contribution in [2.24, 2.45) is 5.73 Å². The number of rotatable bonds is 3. The molecule has 0 unspecified atom stereocenters. The van der Waals surface area contributed by atoms with E-state index >= 15 is 0 Å². The number of carbonyl (C=O) groups excluding carboxylic acids is 1. The van der Waals surface area contributed by atoms with Gasteiger partial charge in [-0.15, -0.1) is 11.8 Å². The van der Waals surface area contributed by atoms with Crippen LogP contribution in [0.2, 0.25) is 0 Å². The summed E-state index contributed by atoms with van der Waals surface area (Å²) < 4.78 is 0. The zero-order chi connectivity index (χ0) is 9.84. The third-order valence-electron chi connectivity index (χ3n) is 1.86. The van der Waals surface area contributed by atoms with Crippen LogP contribution in [0.5, 0.6) is 0 Å². The van der Waals surface area contributed by atoms with Crippen LogP contribution in [-0.4, -0.2) is 11.7 Å². The van der Waals surface area contributed by atoms with Gasteiger partial charge in [-0.2, -0.15) is 0 Å². The van der Waals surface area contributed by atoms with Gasteiger partial charge in [0.25, 0.3) is 0 Å². The van der Waals surface area contributed by atoms with Gasteiger partial charge in [0.2, 0.25) is 5.91 Å². The van der Waals surface area contributed by atoms with Crippen LogP contribution in [0, 0.1) is 13.8 Å². The summed E-state index contributed by atoms with van der Waals surface area (Å²) >= 11 is 1.48. The van der Waals surface area contributed by atoms with Crippen LogP contribution in [0.15, 0.2) is 23.1 Å². The van der Waals surface area contributed by atoms with Gasteiger partial charge in [0.1, 0.15) is 0 Å². The summed E-state index contributed by atoms with van der Waals surface area (Å²) in [5, 5.41) is 0. The van der Waals surface area contributed by atoms with Gasteiger partial charge in [0, 0.05) is 4.90 Å². The molecule has 0 saturated carbocycles. The lowest BCUT2D eigenvalue weighted by atomic mass is 10.1. The zero-order valence-corrected chi connectivity index (χ0v) is 8.65. The molecular weight excluding hydrogens is 182 g/mol. The van der Waals surface area contributed by atoms with Gasteiger partial charge in [-0.3, -0.25) is 4.79 Å². The van der Waals surface area contributed by atoms with E-state index in [2.05, 4.69) is 26.0 Å². The average molecular weight is 195 g/mol. The topological polar surface area (TPSA) is 43.1 Å². The molecule has 0 bridgehead atoms. The Labute approximate surface area is 82.5 Å². The molecular formula is C10H13NOS. The number of amides is 1. The molecule has 0 aliphatic heterocycles. The van der Waals surface area contributed by atoms with Gasteiger partial charge in [-0.05, 0) is 37.1 Å². The van der Waals surface area contributed by atoms with Crippen LogP contribution in [0.4, 0.5) is 0 Å². The first-order valence-corrected chi connectivity index (χ1v) is 5.06. The van der Waals surface area contributed by atoms with Crippen molar-refractivity contribution in [1.82, 2.24) is 0 Å². The Kier molecular flexibility index (Phi) is 3.37. The minimum Gasteiger partial charge on any atom is -0.369 e. The summed E-state index contributed by atoms with van der Waals surface area (Å²) in [6.45, 7) is 4.13. The molecule has 0 aliphatic rings. The van der Waals surface area contributed by atoms with Crippen molar-refractivity contribution in [2.45, 2.75) is 18.7 Å². The number of hydrogen-bond acceptors (Lipinski definition) is 2. The van der Waals surface area contributed by atoms with Gasteiger partial charge in [0.05, 0.1) is 5.75 Å². The maximum Gasteiger partial charge on any atom is 0.227 e. The number of nitrogens with two attached hydrogens (primary N) is 1. The highest BCUT2D eigenvalue weighted by atomic mass is 32.2. The van der Waals surface area contributed by atoms with E-state index in [0.717, 1.165) is 4.90 Å². The SMILES string of the molecule is Cc1ccc(SCC(N)=O)cc1C. The maximum absolute atomic E-state index is 10.5. The molecule has 0 radical (unpaired) electrons. The Hall–Kier alpha value is -0.960. The fourth-order valence-electron chi connectivity index (χ4n) is 0.958. The normalized spacial score (nSPS) is 10.0. The van der Waals surface area contributed by atoms with E-state index in [4.69, 9.17) is 5.73 Å². The Morgan fingerprint density at radius 1 is 1.38 bits per heavy atom. The maximum atomic E-state index is 10.5. The van der Waals surface area contributed by atoms with Crippen molar-refractivity contribution in [3.63, 3.8) is 0 Å². The van der Waals surface area contributed by atoms with Crippen LogP contribution >= 0.6 is 11.8 Å². The van der Waals surface area contributed by atoms with Crippen molar-refractivity contribution >= 4 is 17.7 Å². The third kappa shape index (κ3) is 3.11. The highest BCUT2D eigenvalue weighted by Crippen LogP contribution is 2.20. The molecule has 2 N–H and O–H groups in total. The molecule has 0 atom stereocenters. The lowest BCUT2D eigenvalue weighted by Gasteiger charge is -2.03. The molecule has 13 heavy (non-hydrogen) atoms. The Morgan fingerprint density at radius 2 is 2.08 bits per heavy atom. The highest BCUT2D eigenvalue weighted by Gasteiger charge is 1.99. The lowest BCUT2D eigenvalue weighted by molar-refractivity contribution is -0.115. The van der Waals surface area contributed by atoms with E-state index in [9.17, 15) is 4.79 Å². The number of thioether (sulfide) groups is 1. The fraction of sp³-hybridized carbons (Fsp3) is 0.300. The molecule has 1 aromatic carbocycles. The standard InChI is InChI=1S/C10H13NOS/c1-7-3-4-9(5-8(7)2)13-6-10(11)12/h3-5H,6H2,1-2H3,(H2,11,12). The van der Waals surface area contributed by atoms with Crippen molar-refractivity contribution in [3.05, 3.63) is 29.3 Å². The molecule has 1 amide bonds. The van der Waals surface area contributed by atoms with E-state index in [-0.39, 0.29) is 5.91 Å². The number of primary amides is 1. The van der Waals surface area contributed by atoms with Gasteiger partial charge in [-0.1, -0.05) is 6.07 Å². The van der Waals surface area contributed by atoms with Crippen LogP contribution < -0.4 is 5.73 Å². The van der Waals surface area contributed by atoms with Crippen LogP contribution in [0.1, 0.15) is 11.1 Å². The van der Waals surface area contributed by atoms with Crippen molar-refractivity contribution in [3.8, 4) is 0 Å². The molecule has 0 aromatic heterocycles. The Bertz CT molecular complexity index is 323. The second-order valence-electron chi connectivity index (χ2n) is 3.00. The van der Waals surface area contributed by atoms with Gasteiger partial charge >= 0.3 is 0 Å². The summed E-state index contributed by atoms with van der Waals surface area (Å²) in [6.07, 6.45) is 0. The molecule has 0 spiro atoms. The summed E-state index contributed by atoms with van der Waals surface area (Å²) in [5.74, 6) is 0.0749. The molecule has 0 saturated heterocycles. The van der Waals surface area contributed by atoms with Crippen molar-refractivity contribution in [2.75, 3.05) is 5.75 Å². The van der Waals surface area contributed by atoms with E-state index in [1.54, 1.807) is 0 Å². The molecule has 0 aliphatic carbocycles. The van der Waals surface area contributed by atoms with E-state index < -0.39 is 0 Å². The third-order valence-corrected chi connectivity index (χ3v) is 2.88. The van der Waals surface area contributed by atoms with Crippen LogP contribution in [0.25, 0.3) is 0 Å². The number of carbonyl (C=O) groups is 1. The molecule has 70 valence electrons. The predicted molar refractivity (Wildman–Crippen MR) is 55.8 cm³/mol. The largest absolute Gasteiger partial charge is 0.369 e. The number of aryl methyl sites for hydroxylation is 2. The molecule has 1 aromatic rings. The van der Waals surface area contributed by atoms with Gasteiger partial charge in [-0.25, -0.2) is 0 Å². The van der Waals surface area contributed by atoms with Crippen molar-refractivity contribution in [1.29, 1.82) is 0 Å². The number of hydrogen-bond donors (Lipinski definition) is 1.